The number of hydrogen-bond donors (Lipinski definition) is 1. The van der Waals surface area contributed by atoms with Gasteiger partial charge in [-0.3, -0.25) is 4.90 Å². The van der Waals surface area contributed by atoms with E-state index in [2.05, 4.69) is 29.1 Å². The molecule has 1 atom stereocenters. The van der Waals surface area contributed by atoms with Crippen molar-refractivity contribution < 1.29 is 0 Å². The molecule has 0 bridgehead atoms. The van der Waals surface area contributed by atoms with Gasteiger partial charge in [0.2, 0.25) is 0 Å². The molecule has 0 unspecified atom stereocenters. The van der Waals surface area contributed by atoms with E-state index in [0.29, 0.717) is 0 Å². The van der Waals surface area contributed by atoms with Crippen molar-refractivity contribution in [3.8, 4) is 0 Å². The zero-order valence-corrected chi connectivity index (χ0v) is 8.08. The lowest BCUT2D eigenvalue weighted by Gasteiger charge is -2.45. The van der Waals surface area contributed by atoms with Crippen molar-refractivity contribution >= 4 is 0 Å². The molecule has 0 aliphatic carbocycles. The molecule has 12 heavy (non-hydrogen) atoms. The average Bonchev–Trinajstić information content (AvgIpc) is 1.93. The second-order valence-corrected chi connectivity index (χ2v) is 4.14. The van der Waals surface area contributed by atoms with Gasteiger partial charge in [-0.1, -0.05) is 0 Å². The SMILES string of the molecule is C[C@H]1CN(C2CNC2)CCN1C. The van der Waals surface area contributed by atoms with Gasteiger partial charge in [-0.15, -0.1) is 0 Å². The van der Waals surface area contributed by atoms with E-state index < -0.39 is 0 Å². The highest BCUT2D eigenvalue weighted by Gasteiger charge is 2.29. The van der Waals surface area contributed by atoms with Crippen LogP contribution in [-0.2, 0) is 0 Å². The van der Waals surface area contributed by atoms with Crippen LogP contribution in [0.2, 0.25) is 0 Å². The Morgan fingerprint density at radius 3 is 2.50 bits per heavy atom. The molecule has 2 heterocycles. The molecular formula is C9H19N3. The number of piperazine rings is 1. The summed E-state index contributed by atoms with van der Waals surface area (Å²) in [6.45, 7) is 8.47. The molecule has 2 fully saturated rings. The molecule has 3 nitrogen and oxygen atoms in total. The Morgan fingerprint density at radius 1 is 1.25 bits per heavy atom. The number of nitrogens with one attached hydrogen (secondary N) is 1. The second-order valence-electron chi connectivity index (χ2n) is 4.14. The highest BCUT2D eigenvalue weighted by Crippen LogP contribution is 2.12. The van der Waals surface area contributed by atoms with Crippen molar-refractivity contribution in [2.24, 2.45) is 0 Å². The summed E-state index contributed by atoms with van der Waals surface area (Å²) >= 11 is 0. The molecule has 0 amide bonds. The summed E-state index contributed by atoms with van der Waals surface area (Å²) in [4.78, 5) is 5.07. The van der Waals surface area contributed by atoms with E-state index in [0.717, 1.165) is 12.1 Å². The first kappa shape index (κ1) is 8.48. The third-order valence-corrected chi connectivity index (χ3v) is 3.27. The van der Waals surface area contributed by atoms with Gasteiger partial charge in [-0.25, -0.2) is 0 Å². The first-order chi connectivity index (χ1) is 5.77. The molecule has 0 saturated carbocycles. The average molecular weight is 169 g/mol. The monoisotopic (exact) mass is 169 g/mol. The maximum absolute atomic E-state index is 3.33. The van der Waals surface area contributed by atoms with Crippen molar-refractivity contribution in [2.45, 2.75) is 19.0 Å². The molecule has 1 N–H and O–H groups in total. The van der Waals surface area contributed by atoms with E-state index in [4.69, 9.17) is 0 Å². The standard InChI is InChI=1S/C9H19N3/c1-8-7-12(4-3-11(8)2)9-5-10-6-9/h8-10H,3-7H2,1-2H3/t8-/m0/s1. The van der Waals surface area contributed by atoms with Crippen LogP contribution in [0.3, 0.4) is 0 Å². The molecule has 3 heteroatoms. The fourth-order valence-electron chi connectivity index (χ4n) is 1.94. The van der Waals surface area contributed by atoms with Gasteiger partial charge in [-0.05, 0) is 14.0 Å². The second kappa shape index (κ2) is 3.32. The fraction of sp³-hybridized carbons (Fsp3) is 1.00. The molecule has 0 radical (unpaired) electrons. The Balaban J connectivity index is 1.84. The molecular weight excluding hydrogens is 150 g/mol. The molecule has 2 rings (SSSR count). The van der Waals surface area contributed by atoms with Crippen LogP contribution in [0.15, 0.2) is 0 Å². The van der Waals surface area contributed by atoms with Gasteiger partial charge in [0.05, 0.1) is 0 Å². The summed E-state index contributed by atoms with van der Waals surface area (Å²) in [5.41, 5.74) is 0. The Hall–Kier alpha value is -0.120. The van der Waals surface area contributed by atoms with Crippen molar-refractivity contribution in [2.75, 3.05) is 39.8 Å². The Morgan fingerprint density at radius 2 is 2.00 bits per heavy atom. The smallest absolute Gasteiger partial charge is 0.0346 e. The lowest BCUT2D eigenvalue weighted by Crippen LogP contribution is -2.62. The first-order valence-corrected chi connectivity index (χ1v) is 4.92. The fourth-order valence-corrected chi connectivity index (χ4v) is 1.94. The van der Waals surface area contributed by atoms with E-state index in [1.807, 2.05) is 0 Å². The minimum absolute atomic E-state index is 0.736. The van der Waals surface area contributed by atoms with E-state index in [9.17, 15) is 0 Å². The summed E-state index contributed by atoms with van der Waals surface area (Å²) in [6, 6.07) is 1.57. The highest BCUT2D eigenvalue weighted by molar-refractivity contribution is 4.89. The highest BCUT2D eigenvalue weighted by atomic mass is 15.3. The topological polar surface area (TPSA) is 18.5 Å². The van der Waals surface area contributed by atoms with Gasteiger partial charge in [0, 0.05) is 44.8 Å². The summed E-state index contributed by atoms with van der Waals surface area (Å²) in [7, 11) is 2.22. The van der Waals surface area contributed by atoms with Crippen LogP contribution in [-0.4, -0.2) is 61.7 Å². The summed E-state index contributed by atoms with van der Waals surface area (Å²) in [5.74, 6) is 0. The number of rotatable bonds is 1. The van der Waals surface area contributed by atoms with E-state index in [1.165, 1.54) is 32.7 Å². The quantitative estimate of drug-likeness (QED) is 0.576. The van der Waals surface area contributed by atoms with Gasteiger partial charge >= 0.3 is 0 Å². The van der Waals surface area contributed by atoms with Crippen LogP contribution in [0, 0.1) is 0 Å². The molecule has 2 aliphatic rings. The molecule has 70 valence electrons. The predicted octanol–water partition coefficient (Wildman–Crippen LogP) is -0.406. The lowest BCUT2D eigenvalue weighted by atomic mass is 10.1. The zero-order valence-electron chi connectivity index (χ0n) is 8.08. The summed E-state index contributed by atoms with van der Waals surface area (Å²) < 4.78 is 0. The third kappa shape index (κ3) is 1.49. The van der Waals surface area contributed by atoms with Crippen LogP contribution in [0.4, 0.5) is 0 Å². The molecule has 2 aliphatic heterocycles. The van der Waals surface area contributed by atoms with E-state index in [1.54, 1.807) is 0 Å². The van der Waals surface area contributed by atoms with Crippen molar-refractivity contribution in [1.29, 1.82) is 0 Å². The lowest BCUT2D eigenvalue weighted by molar-refractivity contribution is 0.0522. The van der Waals surface area contributed by atoms with Gasteiger partial charge in [-0.2, -0.15) is 0 Å². The normalized spacial score (nSPS) is 35.0. The van der Waals surface area contributed by atoms with Gasteiger partial charge < -0.3 is 10.2 Å². The van der Waals surface area contributed by atoms with Crippen LogP contribution >= 0.6 is 0 Å². The number of nitrogens with zero attached hydrogens (tertiary/aromatic N) is 2. The first-order valence-electron chi connectivity index (χ1n) is 4.92. The van der Waals surface area contributed by atoms with E-state index >= 15 is 0 Å². The number of hydrogen-bond acceptors (Lipinski definition) is 3. The molecule has 0 aromatic heterocycles. The predicted molar refractivity (Wildman–Crippen MR) is 50.3 cm³/mol. The van der Waals surface area contributed by atoms with Gasteiger partial charge in [0.15, 0.2) is 0 Å². The molecule has 0 spiro atoms. The van der Waals surface area contributed by atoms with Gasteiger partial charge in [0.1, 0.15) is 0 Å². The maximum Gasteiger partial charge on any atom is 0.0346 e. The maximum atomic E-state index is 3.33. The molecule has 0 aromatic carbocycles. The van der Waals surface area contributed by atoms with Crippen LogP contribution in [0.5, 0.6) is 0 Å². The van der Waals surface area contributed by atoms with Crippen molar-refractivity contribution in [3.63, 3.8) is 0 Å². The zero-order chi connectivity index (χ0) is 8.55. The van der Waals surface area contributed by atoms with Crippen LogP contribution in [0.1, 0.15) is 6.92 Å². The molecule has 2 saturated heterocycles. The minimum atomic E-state index is 0.736. The Kier molecular flexibility index (Phi) is 2.35. The van der Waals surface area contributed by atoms with Crippen molar-refractivity contribution in [3.05, 3.63) is 0 Å². The van der Waals surface area contributed by atoms with Crippen LogP contribution < -0.4 is 5.32 Å². The van der Waals surface area contributed by atoms with E-state index in [-0.39, 0.29) is 0 Å². The van der Waals surface area contributed by atoms with Crippen LogP contribution in [0.25, 0.3) is 0 Å². The third-order valence-electron chi connectivity index (χ3n) is 3.27. The largest absolute Gasteiger partial charge is 0.314 e. The summed E-state index contributed by atoms with van der Waals surface area (Å²) in [5, 5.41) is 3.33. The van der Waals surface area contributed by atoms with Gasteiger partial charge in [0.25, 0.3) is 0 Å². The van der Waals surface area contributed by atoms with Crippen molar-refractivity contribution in [1.82, 2.24) is 15.1 Å². The molecule has 0 aromatic rings. The Labute approximate surface area is 74.7 Å². The number of likely N-dealkylation sites (N-methyl/N-ethyl adjacent to an activating group) is 1. The minimum Gasteiger partial charge on any atom is -0.314 e. The summed E-state index contributed by atoms with van der Waals surface area (Å²) in [6.07, 6.45) is 0. The Bertz CT molecular complexity index is 156.